The second-order valence-electron chi connectivity index (χ2n) is 20.5. The Morgan fingerprint density at radius 2 is 0.520 bits per heavy atom. The highest BCUT2D eigenvalue weighted by Crippen LogP contribution is 2.16. The predicted octanol–water partition coefficient (Wildman–Crippen LogP) is 21.4. The summed E-state index contributed by atoms with van der Waals surface area (Å²) in [6.07, 6.45) is 85.2. The lowest BCUT2D eigenvalue weighted by atomic mass is 10.0. The van der Waals surface area contributed by atoms with Crippen LogP contribution in [0, 0.1) is 0 Å². The van der Waals surface area contributed by atoms with Crippen molar-refractivity contribution in [2.45, 2.75) is 297 Å². The quantitative estimate of drug-likeness (QED) is 0.0261. The molecule has 0 aliphatic carbocycles. The van der Waals surface area contributed by atoms with Gasteiger partial charge in [0.2, 0.25) is 0 Å². The zero-order valence-corrected chi connectivity index (χ0v) is 49.0. The fourth-order valence-electron chi connectivity index (χ4n) is 8.60. The third-order valence-electron chi connectivity index (χ3n) is 13.2. The van der Waals surface area contributed by atoms with Crippen LogP contribution in [0.5, 0.6) is 0 Å². The molecule has 6 heteroatoms. The molecule has 0 aromatic carbocycles. The highest BCUT2D eigenvalue weighted by molar-refractivity contribution is 5.71. The van der Waals surface area contributed by atoms with Crippen LogP contribution in [0.2, 0.25) is 0 Å². The van der Waals surface area contributed by atoms with E-state index in [9.17, 15) is 14.4 Å². The molecule has 75 heavy (non-hydrogen) atoms. The first-order chi connectivity index (χ1) is 37.0. The van der Waals surface area contributed by atoms with Crippen molar-refractivity contribution in [1.82, 2.24) is 0 Å². The average molecular weight is 1040 g/mol. The van der Waals surface area contributed by atoms with Gasteiger partial charge in [0.1, 0.15) is 13.2 Å². The third-order valence-corrected chi connectivity index (χ3v) is 13.2. The summed E-state index contributed by atoms with van der Waals surface area (Å²) in [6.45, 7) is 6.38. The molecule has 0 spiro atoms. The molecule has 0 bridgehead atoms. The van der Waals surface area contributed by atoms with Crippen LogP contribution in [-0.4, -0.2) is 37.2 Å². The number of hydrogen-bond donors (Lipinski definition) is 0. The fourth-order valence-corrected chi connectivity index (χ4v) is 8.60. The minimum atomic E-state index is -0.795. The number of unbranched alkanes of at least 4 members (excludes halogenated alkanes) is 27. The first-order valence-corrected chi connectivity index (χ1v) is 31.4. The van der Waals surface area contributed by atoms with Crippen LogP contribution in [0.25, 0.3) is 0 Å². The molecule has 0 aliphatic rings. The average Bonchev–Trinajstić information content (AvgIpc) is 3.41. The summed E-state index contributed by atoms with van der Waals surface area (Å²) in [5, 5.41) is 0. The summed E-state index contributed by atoms with van der Waals surface area (Å²) < 4.78 is 16.9. The van der Waals surface area contributed by atoms with E-state index >= 15 is 0 Å². The molecule has 0 heterocycles. The molecule has 6 nitrogen and oxygen atoms in total. The molecule has 0 fully saturated rings. The Bertz CT molecular complexity index is 1520. The predicted molar refractivity (Wildman–Crippen MR) is 325 cm³/mol. The zero-order chi connectivity index (χ0) is 54.3. The maximum absolute atomic E-state index is 12.9. The lowest BCUT2D eigenvalue weighted by Gasteiger charge is -2.18. The zero-order valence-electron chi connectivity index (χ0n) is 49.0. The minimum absolute atomic E-state index is 0.0903. The Morgan fingerprint density at radius 1 is 0.280 bits per heavy atom. The second-order valence-corrected chi connectivity index (χ2v) is 20.5. The SMILES string of the molecule is CC/C=C\C/C=C\C/C=C\C/C=C\CCCCCCCCCCCCCCC(=O)OCC(COC(=O)CCCCC/C=C\C/C=C\C/C=C\CC)OC(=O)CCCCCCCCCCC/C=C\C/C=C\CCCCC. The Morgan fingerprint density at radius 3 is 0.827 bits per heavy atom. The molecular formula is C69H116O6. The molecule has 1 unspecified atom stereocenters. The number of esters is 3. The monoisotopic (exact) mass is 1040 g/mol. The number of allylic oxidation sites excluding steroid dienone is 18. The van der Waals surface area contributed by atoms with Gasteiger partial charge in [0.25, 0.3) is 0 Å². The molecule has 0 aromatic heterocycles. The number of carbonyl (C=O) groups is 3. The van der Waals surface area contributed by atoms with Crippen LogP contribution in [-0.2, 0) is 28.6 Å². The Balaban J connectivity index is 4.34. The second kappa shape index (κ2) is 62.6. The molecule has 0 rings (SSSR count). The van der Waals surface area contributed by atoms with Gasteiger partial charge in [-0.3, -0.25) is 14.4 Å². The Hall–Kier alpha value is -3.93. The van der Waals surface area contributed by atoms with Gasteiger partial charge in [-0.1, -0.05) is 259 Å². The van der Waals surface area contributed by atoms with Crippen molar-refractivity contribution < 1.29 is 28.6 Å². The van der Waals surface area contributed by atoms with Gasteiger partial charge in [0.05, 0.1) is 0 Å². The maximum Gasteiger partial charge on any atom is 0.306 e. The maximum atomic E-state index is 12.9. The molecule has 0 aliphatic heterocycles. The van der Waals surface area contributed by atoms with Gasteiger partial charge in [-0.2, -0.15) is 0 Å². The molecule has 428 valence electrons. The highest BCUT2D eigenvalue weighted by Gasteiger charge is 2.19. The van der Waals surface area contributed by atoms with Crippen molar-refractivity contribution in [3.63, 3.8) is 0 Å². The lowest BCUT2D eigenvalue weighted by molar-refractivity contribution is -0.167. The fraction of sp³-hybridized carbons (Fsp3) is 0.696. The number of carbonyl (C=O) groups excluding carboxylic acids is 3. The molecule has 0 radical (unpaired) electrons. The molecule has 1 atom stereocenters. The van der Waals surface area contributed by atoms with Gasteiger partial charge in [-0.05, 0) is 122 Å². The molecular weight excluding hydrogens is 925 g/mol. The van der Waals surface area contributed by atoms with Crippen LogP contribution in [0.15, 0.2) is 109 Å². The van der Waals surface area contributed by atoms with Crippen molar-refractivity contribution in [3.05, 3.63) is 109 Å². The Labute approximate surface area is 463 Å². The van der Waals surface area contributed by atoms with Crippen LogP contribution >= 0.6 is 0 Å². The van der Waals surface area contributed by atoms with Crippen molar-refractivity contribution >= 4 is 17.9 Å². The first-order valence-electron chi connectivity index (χ1n) is 31.4. The smallest absolute Gasteiger partial charge is 0.306 e. The van der Waals surface area contributed by atoms with Gasteiger partial charge in [-0.25, -0.2) is 0 Å². The van der Waals surface area contributed by atoms with E-state index in [2.05, 4.69) is 130 Å². The largest absolute Gasteiger partial charge is 0.462 e. The van der Waals surface area contributed by atoms with Crippen LogP contribution in [0.1, 0.15) is 290 Å². The topological polar surface area (TPSA) is 78.9 Å². The molecule has 0 N–H and O–H groups in total. The third kappa shape index (κ3) is 60.8. The van der Waals surface area contributed by atoms with Gasteiger partial charge < -0.3 is 14.2 Å². The van der Waals surface area contributed by atoms with Gasteiger partial charge in [-0.15, -0.1) is 0 Å². The summed E-state index contributed by atoms with van der Waals surface area (Å²) in [5.41, 5.74) is 0. The van der Waals surface area contributed by atoms with Gasteiger partial charge in [0.15, 0.2) is 6.10 Å². The highest BCUT2D eigenvalue weighted by atomic mass is 16.6. The lowest BCUT2D eigenvalue weighted by Crippen LogP contribution is -2.30. The van der Waals surface area contributed by atoms with Crippen LogP contribution < -0.4 is 0 Å². The van der Waals surface area contributed by atoms with E-state index in [1.54, 1.807) is 0 Å². The van der Waals surface area contributed by atoms with E-state index in [-0.39, 0.29) is 31.1 Å². The Kier molecular flexibility index (Phi) is 59.3. The molecule has 0 aromatic rings. The van der Waals surface area contributed by atoms with E-state index in [1.807, 2.05) is 0 Å². The van der Waals surface area contributed by atoms with Crippen LogP contribution in [0.3, 0.4) is 0 Å². The van der Waals surface area contributed by atoms with E-state index < -0.39 is 6.10 Å². The van der Waals surface area contributed by atoms with Gasteiger partial charge in [0, 0.05) is 19.3 Å². The van der Waals surface area contributed by atoms with E-state index in [0.29, 0.717) is 19.3 Å². The number of rotatable bonds is 56. The number of ether oxygens (including phenoxy) is 3. The van der Waals surface area contributed by atoms with Crippen molar-refractivity contribution in [2.24, 2.45) is 0 Å². The summed E-state index contributed by atoms with van der Waals surface area (Å²) in [7, 11) is 0. The standard InChI is InChI=1S/C69H116O6/c1-4-7-10-13-16-19-22-25-27-29-31-32-33-34-35-36-38-39-41-44-47-50-53-56-59-62-68(71)74-65-66(64-73-67(70)61-58-55-52-49-46-43-24-21-18-15-12-9-6-3)75-69(72)63-60-57-54-51-48-45-42-40-37-30-28-26-23-20-17-14-11-8-5-2/h7,9-10,12,16-21,25-28,31-32,43,46,66H,4-6,8,11,13-15,22-24,29-30,33-42,44-45,47-65H2,1-3H3/b10-7-,12-9-,19-16-,20-17-,21-18-,27-25-,28-26-,32-31-,46-43-. The molecule has 0 amide bonds. The molecule has 0 saturated heterocycles. The van der Waals surface area contributed by atoms with Gasteiger partial charge >= 0.3 is 17.9 Å². The normalized spacial score (nSPS) is 12.8. The van der Waals surface area contributed by atoms with Crippen molar-refractivity contribution in [1.29, 1.82) is 0 Å². The summed E-state index contributed by atoms with van der Waals surface area (Å²) in [5.74, 6) is -0.921. The minimum Gasteiger partial charge on any atom is -0.462 e. The molecule has 0 saturated carbocycles. The van der Waals surface area contributed by atoms with Crippen molar-refractivity contribution in [2.75, 3.05) is 13.2 Å². The van der Waals surface area contributed by atoms with E-state index in [4.69, 9.17) is 14.2 Å². The van der Waals surface area contributed by atoms with E-state index in [1.165, 1.54) is 135 Å². The summed E-state index contributed by atoms with van der Waals surface area (Å²) in [4.78, 5) is 38.3. The summed E-state index contributed by atoms with van der Waals surface area (Å²) >= 11 is 0. The summed E-state index contributed by atoms with van der Waals surface area (Å²) in [6, 6.07) is 0. The number of hydrogen-bond acceptors (Lipinski definition) is 6. The van der Waals surface area contributed by atoms with E-state index in [0.717, 1.165) is 116 Å². The first kappa shape index (κ1) is 71.1. The van der Waals surface area contributed by atoms with Crippen molar-refractivity contribution in [3.8, 4) is 0 Å². The van der Waals surface area contributed by atoms with Crippen LogP contribution in [0.4, 0.5) is 0 Å².